The van der Waals surface area contributed by atoms with E-state index in [1.807, 2.05) is 50.1 Å². The standard InChI is InChI=1S/C9H7.2C4H10NO.ClH.Zr/c1-2-5-9-7-3-6-8(9)4-1;2*1-5(2)3-4-6;;/h1-7H;2*4,6H,3H2,1-2H3;1H;/q;;;;+1/p-1. The zero-order valence-electron chi connectivity index (χ0n) is 14.3. The molecule has 1 aromatic rings. The van der Waals surface area contributed by atoms with Gasteiger partial charge in [0.2, 0.25) is 0 Å². The van der Waals surface area contributed by atoms with Crippen LogP contribution in [0, 0.1) is 0 Å². The molecular weight excluding hydrogens is 391 g/mol. The van der Waals surface area contributed by atoms with Gasteiger partial charge in [-0.1, -0.05) is 0 Å². The molecule has 0 amide bonds. The third-order valence-electron chi connectivity index (χ3n) is 4.37. The van der Waals surface area contributed by atoms with Gasteiger partial charge in [-0.05, 0) is 0 Å². The molecule has 0 aromatic heterocycles. The van der Waals surface area contributed by atoms with Crippen LogP contribution in [0.25, 0.3) is 6.08 Å². The molecule has 0 saturated heterocycles. The van der Waals surface area contributed by atoms with Crippen LogP contribution in [0.4, 0.5) is 0 Å². The quantitative estimate of drug-likeness (QED) is 0.710. The summed E-state index contributed by atoms with van der Waals surface area (Å²) in [6.45, 7) is 0.965. The van der Waals surface area contributed by atoms with Gasteiger partial charge in [-0.25, -0.2) is 0 Å². The molecule has 0 radical (unpaired) electrons. The van der Waals surface area contributed by atoms with Gasteiger partial charge in [-0.2, -0.15) is 0 Å². The predicted molar refractivity (Wildman–Crippen MR) is 93.2 cm³/mol. The van der Waals surface area contributed by atoms with Gasteiger partial charge in [0, 0.05) is 0 Å². The fourth-order valence-electron chi connectivity index (χ4n) is 3.24. The number of benzene rings is 1. The van der Waals surface area contributed by atoms with Crippen molar-refractivity contribution in [1.29, 1.82) is 0 Å². The second kappa shape index (κ2) is 7.90. The number of rotatable bonds is 7. The summed E-state index contributed by atoms with van der Waals surface area (Å²) in [5.74, 6) is 0. The van der Waals surface area contributed by atoms with Gasteiger partial charge in [0.15, 0.2) is 0 Å². The summed E-state index contributed by atoms with van der Waals surface area (Å²) in [7, 11) is 14.8. The number of hydrogen-bond donors (Lipinski definition) is 2. The molecule has 0 bridgehead atoms. The normalized spacial score (nSPS) is 22.2. The van der Waals surface area contributed by atoms with Gasteiger partial charge in [0.05, 0.1) is 0 Å². The van der Waals surface area contributed by atoms with E-state index in [9.17, 15) is 10.2 Å². The minimum atomic E-state index is -3.91. The van der Waals surface area contributed by atoms with Gasteiger partial charge in [0.1, 0.15) is 0 Å². The number of nitrogens with zero attached hydrogens (tertiary/aromatic N) is 2. The van der Waals surface area contributed by atoms with E-state index in [0.29, 0.717) is 13.1 Å². The van der Waals surface area contributed by atoms with Crippen LogP contribution in [-0.4, -0.2) is 68.9 Å². The van der Waals surface area contributed by atoms with E-state index in [-0.39, 0.29) is 3.63 Å². The van der Waals surface area contributed by atoms with Crippen LogP contribution >= 0.6 is 8.51 Å². The number of allylic oxidation sites excluding steroid dienone is 1. The number of aliphatic hydroxyl groups excluding tert-OH is 2. The SMILES string of the molecule is CN(C)C[CH](O)[Zr]([Cl])([CH](O)CN(C)C)[CH]1C=Cc2ccccc21. The van der Waals surface area contributed by atoms with Crippen molar-refractivity contribution in [3.05, 3.63) is 41.5 Å². The van der Waals surface area contributed by atoms with E-state index in [4.69, 9.17) is 8.51 Å². The molecule has 6 heteroatoms. The van der Waals surface area contributed by atoms with Gasteiger partial charge in [-0.15, -0.1) is 0 Å². The van der Waals surface area contributed by atoms with Crippen molar-refractivity contribution >= 4 is 14.6 Å². The summed E-state index contributed by atoms with van der Waals surface area (Å²) >= 11 is -3.91. The molecule has 0 saturated carbocycles. The Bertz CT molecular complexity index is 549. The fourth-order valence-corrected chi connectivity index (χ4v) is 14.3. The van der Waals surface area contributed by atoms with Gasteiger partial charge < -0.3 is 0 Å². The van der Waals surface area contributed by atoms with E-state index >= 15 is 0 Å². The van der Waals surface area contributed by atoms with Gasteiger partial charge in [0.25, 0.3) is 0 Å². The molecule has 0 aliphatic heterocycles. The molecule has 1 aromatic carbocycles. The monoisotopic (exact) mass is 416 g/mol. The molecular formula is C17H27ClN2O2Zr. The third kappa shape index (κ3) is 4.15. The molecule has 2 N–H and O–H groups in total. The van der Waals surface area contributed by atoms with E-state index in [1.54, 1.807) is 0 Å². The number of likely N-dealkylation sites (N-methyl/N-ethyl adjacent to an activating group) is 2. The van der Waals surface area contributed by atoms with Crippen LogP contribution in [0.3, 0.4) is 0 Å². The molecule has 1 aliphatic rings. The van der Waals surface area contributed by atoms with Crippen LogP contribution in [-0.2, 0) is 19.1 Å². The van der Waals surface area contributed by atoms with Gasteiger partial charge >= 0.3 is 148 Å². The maximum atomic E-state index is 10.9. The van der Waals surface area contributed by atoms with Crippen molar-refractivity contribution in [3.8, 4) is 0 Å². The molecule has 3 unspecified atom stereocenters. The Hall–Kier alpha value is -0.0269. The van der Waals surface area contributed by atoms with E-state index < -0.39 is 26.7 Å². The van der Waals surface area contributed by atoms with Crippen LogP contribution in [0.15, 0.2) is 30.3 Å². The van der Waals surface area contributed by atoms with Gasteiger partial charge in [-0.3, -0.25) is 0 Å². The van der Waals surface area contributed by atoms with E-state index in [1.165, 1.54) is 0 Å². The zero-order valence-corrected chi connectivity index (χ0v) is 17.5. The van der Waals surface area contributed by atoms with Crippen molar-refractivity contribution in [2.24, 2.45) is 0 Å². The van der Waals surface area contributed by atoms with Crippen molar-refractivity contribution in [2.75, 3.05) is 41.3 Å². The van der Waals surface area contributed by atoms with E-state index in [0.717, 1.165) is 11.1 Å². The third-order valence-corrected chi connectivity index (χ3v) is 18.2. The Kier molecular flexibility index (Phi) is 6.63. The Morgan fingerprint density at radius 3 is 2.09 bits per heavy atom. The Labute approximate surface area is 147 Å². The first kappa shape index (κ1) is 19.3. The predicted octanol–water partition coefficient (Wildman–Crippen LogP) is 1.82. The second-order valence-corrected chi connectivity index (χ2v) is 19.6. The molecule has 23 heavy (non-hydrogen) atoms. The molecule has 0 fully saturated rings. The fraction of sp³-hybridized carbons (Fsp3) is 0.529. The first-order valence-corrected chi connectivity index (χ1v) is 15.3. The molecule has 0 spiro atoms. The summed E-state index contributed by atoms with van der Waals surface area (Å²) in [6, 6.07) is 8.13. The van der Waals surface area contributed by atoms with Crippen LogP contribution in [0.1, 0.15) is 14.8 Å². The minimum absolute atomic E-state index is 0.0212. The Morgan fingerprint density at radius 2 is 1.57 bits per heavy atom. The number of hydrogen-bond acceptors (Lipinski definition) is 4. The Morgan fingerprint density at radius 1 is 1.04 bits per heavy atom. The first-order chi connectivity index (χ1) is 10.8. The van der Waals surface area contributed by atoms with Crippen LogP contribution < -0.4 is 0 Å². The summed E-state index contributed by atoms with van der Waals surface area (Å²) in [5.41, 5.74) is 2.29. The molecule has 0 heterocycles. The zero-order chi connectivity index (χ0) is 17.2. The summed E-state index contributed by atoms with van der Waals surface area (Å²) in [5, 5.41) is 21.8. The van der Waals surface area contributed by atoms with Crippen molar-refractivity contribution in [2.45, 2.75) is 11.2 Å². The molecule has 1 aliphatic carbocycles. The molecule has 3 atom stereocenters. The number of fused-ring (bicyclic) bond motifs is 1. The summed E-state index contributed by atoms with van der Waals surface area (Å²) in [6.07, 6.45) is 4.16. The van der Waals surface area contributed by atoms with Crippen LogP contribution in [0.5, 0.6) is 0 Å². The average Bonchev–Trinajstić information content (AvgIpc) is 2.89. The number of halogens is 1. The summed E-state index contributed by atoms with van der Waals surface area (Å²) < 4.78 is -1.33. The second-order valence-electron chi connectivity index (χ2n) is 6.85. The number of aliphatic hydroxyl groups is 2. The topological polar surface area (TPSA) is 46.9 Å². The molecule has 4 nitrogen and oxygen atoms in total. The maximum absolute atomic E-state index is 10.9. The van der Waals surface area contributed by atoms with E-state index in [2.05, 4.69) is 24.3 Å². The first-order valence-electron chi connectivity index (χ1n) is 7.88. The summed E-state index contributed by atoms with van der Waals surface area (Å²) in [4.78, 5) is 3.87. The Balaban J connectivity index is 2.40. The molecule has 128 valence electrons. The van der Waals surface area contributed by atoms with Crippen LogP contribution in [0.2, 0.25) is 0 Å². The van der Waals surface area contributed by atoms with Crippen molar-refractivity contribution < 1.29 is 29.3 Å². The van der Waals surface area contributed by atoms with Crippen molar-refractivity contribution in [1.82, 2.24) is 9.80 Å². The average molecular weight is 418 g/mol. The van der Waals surface area contributed by atoms with Crippen molar-refractivity contribution in [3.63, 3.8) is 0 Å². The molecule has 2 rings (SSSR count).